The first-order valence-electron chi connectivity index (χ1n) is 6.85. The number of carbonyl (C=O) groups excluding carboxylic acids is 1. The average molecular weight is 303 g/mol. The van der Waals surface area contributed by atoms with Crippen LogP contribution >= 0.6 is 12.4 Å². The largest absolute Gasteiger partial charge is 0.379 e. The number of carbonyl (C=O) groups is 1. The van der Waals surface area contributed by atoms with Crippen LogP contribution in [0.15, 0.2) is 0 Å². The van der Waals surface area contributed by atoms with Gasteiger partial charge in [0.2, 0.25) is 0 Å². The zero-order valence-electron chi connectivity index (χ0n) is 12.0. The van der Waals surface area contributed by atoms with Crippen LogP contribution in [0.1, 0.15) is 42.0 Å². The topological polar surface area (TPSA) is 79.0 Å². The Morgan fingerprint density at radius 1 is 1.50 bits per heavy atom. The third-order valence-electron chi connectivity index (χ3n) is 3.08. The summed E-state index contributed by atoms with van der Waals surface area (Å²) in [4.78, 5) is 12.0. The number of amides is 1. The molecule has 2 rings (SSSR count). The minimum absolute atomic E-state index is 0. The van der Waals surface area contributed by atoms with Crippen molar-refractivity contribution in [2.24, 2.45) is 0 Å². The Kier molecular flexibility index (Phi) is 6.98. The Hall–Kier alpha value is -1.11. The Balaban J connectivity index is 0.00000200. The zero-order chi connectivity index (χ0) is 13.7. The lowest BCUT2D eigenvalue weighted by atomic mass is 10.1. The number of H-pyrrole nitrogens is 1. The lowest BCUT2D eigenvalue weighted by Crippen LogP contribution is -2.29. The van der Waals surface area contributed by atoms with Gasteiger partial charge in [-0.05, 0) is 20.3 Å². The van der Waals surface area contributed by atoms with Crippen molar-refractivity contribution < 1.29 is 9.53 Å². The Bertz CT molecular complexity index is 434. The molecular formula is C13H23ClN4O2. The van der Waals surface area contributed by atoms with Gasteiger partial charge in [-0.15, -0.1) is 12.4 Å². The second-order valence-electron chi connectivity index (χ2n) is 4.99. The van der Waals surface area contributed by atoms with Crippen molar-refractivity contribution in [1.29, 1.82) is 0 Å². The summed E-state index contributed by atoms with van der Waals surface area (Å²) in [6.07, 6.45) is 1.95. The molecule has 0 saturated carbocycles. The van der Waals surface area contributed by atoms with E-state index in [2.05, 4.69) is 20.8 Å². The Morgan fingerprint density at radius 2 is 2.30 bits per heavy atom. The molecule has 7 heteroatoms. The number of nitrogens with one attached hydrogen (secondary N) is 3. The van der Waals surface area contributed by atoms with Crippen molar-refractivity contribution >= 4 is 18.3 Å². The highest BCUT2D eigenvalue weighted by molar-refractivity contribution is 5.94. The van der Waals surface area contributed by atoms with Crippen molar-refractivity contribution in [3.63, 3.8) is 0 Å². The number of rotatable bonds is 6. The molecule has 0 atom stereocenters. The Labute approximate surface area is 125 Å². The molecule has 0 aliphatic carbocycles. The van der Waals surface area contributed by atoms with Gasteiger partial charge in [0.25, 0.3) is 5.91 Å². The van der Waals surface area contributed by atoms with Crippen LogP contribution in [-0.2, 0) is 17.7 Å². The van der Waals surface area contributed by atoms with Gasteiger partial charge < -0.3 is 15.4 Å². The maximum Gasteiger partial charge on any atom is 0.272 e. The van der Waals surface area contributed by atoms with E-state index in [4.69, 9.17) is 4.74 Å². The molecule has 0 spiro atoms. The molecule has 6 nitrogen and oxygen atoms in total. The fourth-order valence-corrected chi connectivity index (χ4v) is 2.09. The highest BCUT2D eigenvalue weighted by Crippen LogP contribution is 2.14. The van der Waals surface area contributed by atoms with Crippen molar-refractivity contribution in [3.05, 3.63) is 17.0 Å². The molecule has 1 aliphatic heterocycles. The molecule has 0 bridgehead atoms. The van der Waals surface area contributed by atoms with E-state index in [0.717, 1.165) is 30.6 Å². The summed E-state index contributed by atoms with van der Waals surface area (Å²) >= 11 is 0. The maximum absolute atomic E-state index is 12.0. The van der Waals surface area contributed by atoms with Gasteiger partial charge in [-0.1, -0.05) is 0 Å². The summed E-state index contributed by atoms with van der Waals surface area (Å²) in [7, 11) is 0. The quantitative estimate of drug-likeness (QED) is 0.686. The van der Waals surface area contributed by atoms with Crippen molar-refractivity contribution in [2.45, 2.75) is 39.3 Å². The summed E-state index contributed by atoms with van der Waals surface area (Å²) in [5, 5.41) is 13.2. The van der Waals surface area contributed by atoms with Crippen LogP contribution in [0.5, 0.6) is 0 Å². The summed E-state index contributed by atoms with van der Waals surface area (Å²) in [6, 6.07) is 0. The van der Waals surface area contributed by atoms with E-state index in [1.807, 2.05) is 13.8 Å². The van der Waals surface area contributed by atoms with Gasteiger partial charge in [0.05, 0.1) is 6.10 Å². The lowest BCUT2D eigenvalue weighted by molar-refractivity contribution is 0.0756. The highest BCUT2D eigenvalue weighted by Gasteiger charge is 2.20. The molecule has 1 aromatic rings. The van der Waals surface area contributed by atoms with Crippen molar-refractivity contribution in [1.82, 2.24) is 20.8 Å². The van der Waals surface area contributed by atoms with Gasteiger partial charge in [0.15, 0.2) is 5.69 Å². The SMILES string of the molecule is CC(C)OCCCNC(=O)c1n[nH]c2c1CNCC2.Cl. The molecule has 1 aromatic heterocycles. The Morgan fingerprint density at radius 3 is 3.05 bits per heavy atom. The van der Waals surface area contributed by atoms with E-state index in [0.29, 0.717) is 25.4 Å². The molecule has 0 aromatic carbocycles. The molecule has 0 fully saturated rings. The zero-order valence-corrected chi connectivity index (χ0v) is 12.8. The fourth-order valence-electron chi connectivity index (χ4n) is 2.09. The number of aromatic amines is 1. The van der Waals surface area contributed by atoms with Gasteiger partial charge in [0, 0.05) is 43.9 Å². The third kappa shape index (κ3) is 4.47. The van der Waals surface area contributed by atoms with Crippen molar-refractivity contribution in [3.8, 4) is 0 Å². The number of nitrogens with zero attached hydrogens (tertiary/aromatic N) is 1. The summed E-state index contributed by atoms with van der Waals surface area (Å²) in [5.74, 6) is -0.106. The highest BCUT2D eigenvalue weighted by atomic mass is 35.5. The first-order valence-corrected chi connectivity index (χ1v) is 6.85. The molecule has 1 amide bonds. The van der Waals surface area contributed by atoms with Gasteiger partial charge in [0.1, 0.15) is 0 Å². The molecule has 1 aliphatic rings. The molecular weight excluding hydrogens is 280 g/mol. The fraction of sp³-hybridized carbons (Fsp3) is 0.692. The lowest BCUT2D eigenvalue weighted by Gasteiger charge is -2.13. The first-order chi connectivity index (χ1) is 9.18. The monoisotopic (exact) mass is 302 g/mol. The smallest absolute Gasteiger partial charge is 0.272 e. The average Bonchev–Trinajstić information content (AvgIpc) is 2.81. The van der Waals surface area contributed by atoms with E-state index in [9.17, 15) is 4.79 Å². The van der Waals surface area contributed by atoms with Crippen LogP contribution in [0.3, 0.4) is 0 Å². The van der Waals surface area contributed by atoms with E-state index >= 15 is 0 Å². The molecule has 3 N–H and O–H groups in total. The summed E-state index contributed by atoms with van der Waals surface area (Å²) < 4.78 is 5.42. The molecule has 2 heterocycles. The van der Waals surface area contributed by atoms with Crippen LogP contribution in [0.4, 0.5) is 0 Å². The van der Waals surface area contributed by atoms with Crippen molar-refractivity contribution in [2.75, 3.05) is 19.7 Å². The van der Waals surface area contributed by atoms with Gasteiger partial charge in [-0.3, -0.25) is 9.89 Å². The minimum atomic E-state index is -0.106. The number of hydrogen-bond acceptors (Lipinski definition) is 4. The van der Waals surface area contributed by atoms with E-state index in [-0.39, 0.29) is 24.4 Å². The number of hydrogen-bond donors (Lipinski definition) is 3. The van der Waals surface area contributed by atoms with E-state index in [1.54, 1.807) is 0 Å². The summed E-state index contributed by atoms with van der Waals surface area (Å²) in [6.45, 7) is 6.93. The van der Waals surface area contributed by atoms with Crippen LogP contribution in [-0.4, -0.2) is 41.9 Å². The molecule has 0 unspecified atom stereocenters. The number of ether oxygens (including phenoxy) is 1. The van der Waals surface area contributed by atoms with Gasteiger partial charge in [-0.2, -0.15) is 5.10 Å². The number of fused-ring (bicyclic) bond motifs is 1. The molecule has 114 valence electrons. The second kappa shape index (κ2) is 8.24. The summed E-state index contributed by atoms with van der Waals surface area (Å²) in [5.41, 5.74) is 2.60. The van der Waals surface area contributed by atoms with Gasteiger partial charge >= 0.3 is 0 Å². The maximum atomic E-state index is 12.0. The van der Waals surface area contributed by atoms with Crippen LogP contribution in [0.2, 0.25) is 0 Å². The molecule has 20 heavy (non-hydrogen) atoms. The van der Waals surface area contributed by atoms with E-state index < -0.39 is 0 Å². The first kappa shape index (κ1) is 16.9. The van der Waals surface area contributed by atoms with Gasteiger partial charge in [-0.25, -0.2) is 0 Å². The van der Waals surface area contributed by atoms with Crippen LogP contribution in [0, 0.1) is 0 Å². The normalized spacial score (nSPS) is 13.8. The standard InChI is InChI=1S/C13H22N4O2.ClH/c1-9(2)19-7-3-5-15-13(18)12-10-8-14-6-4-11(10)16-17-12;/h9,14H,3-8H2,1-2H3,(H,15,18)(H,16,17);1H. The number of aromatic nitrogens is 2. The minimum Gasteiger partial charge on any atom is -0.379 e. The molecule has 0 radical (unpaired) electrons. The third-order valence-corrected chi connectivity index (χ3v) is 3.08. The van der Waals surface area contributed by atoms with E-state index in [1.165, 1.54) is 0 Å². The van der Waals surface area contributed by atoms with Crippen LogP contribution in [0.25, 0.3) is 0 Å². The second-order valence-corrected chi connectivity index (χ2v) is 4.99. The number of halogens is 1. The predicted octanol–water partition coefficient (Wildman–Crippen LogP) is 1.02. The molecule has 0 saturated heterocycles. The van der Waals surface area contributed by atoms with Crippen LogP contribution < -0.4 is 10.6 Å². The predicted molar refractivity (Wildman–Crippen MR) is 79.3 cm³/mol.